The van der Waals surface area contributed by atoms with E-state index in [9.17, 15) is 9.59 Å². The third kappa shape index (κ3) is 6.72. The van der Waals surface area contributed by atoms with E-state index >= 15 is 0 Å². The summed E-state index contributed by atoms with van der Waals surface area (Å²) in [6.45, 7) is 12.1. The second-order valence-corrected chi connectivity index (χ2v) is 8.66. The normalized spacial score (nSPS) is 19.7. The predicted molar refractivity (Wildman–Crippen MR) is 110 cm³/mol. The number of amides is 1. The van der Waals surface area contributed by atoms with Crippen molar-refractivity contribution in [2.24, 2.45) is 0 Å². The zero-order valence-electron chi connectivity index (χ0n) is 18.4. The summed E-state index contributed by atoms with van der Waals surface area (Å²) in [6.07, 6.45) is -0.329. The van der Waals surface area contributed by atoms with Crippen molar-refractivity contribution in [3.63, 3.8) is 0 Å². The molecule has 1 aliphatic heterocycles. The minimum atomic E-state index is -0.839. The van der Waals surface area contributed by atoms with Crippen LogP contribution in [0.3, 0.4) is 0 Å². The van der Waals surface area contributed by atoms with Crippen LogP contribution in [0, 0.1) is 0 Å². The molecule has 7 nitrogen and oxygen atoms in total. The number of benzene rings is 1. The van der Waals surface area contributed by atoms with Gasteiger partial charge in [-0.1, -0.05) is 30.3 Å². The summed E-state index contributed by atoms with van der Waals surface area (Å²) >= 11 is 0. The van der Waals surface area contributed by atoms with Gasteiger partial charge in [-0.25, -0.2) is 4.79 Å². The maximum Gasteiger partial charge on any atom is 0.412 e. The van der Waals surface area contributed by atoms with E-state index in [0.717, 1.165) is 5.56 Å². The largest absolute Gasteiger partial charge is 0.466 e. The molecule has 1 amide bonds. The number of carbonyl (C=O) groups is 2. The molecule has 0 radical (unpaired) electrons. The molecule has 7 heteroatoms. The smallest absolute Gasteiger partial charge is 0.412 e. The van der Waals surface area contributed by atoms with Gasteiger partial charge in [-0.05, 0) is 47.1 Å². The van der Waals surface area contributed by atoms with Gasteiger partial charge < -0.3 is 19.5 Å². The van der Waals surface area contributed by atoms with Gasteiger partial charge in [0.1, 0.15) is 11.3 Å². The highest BCUT2D eigenvalue weighted by Crippen LogP contribution is 2.32. The SMILES string of the molecule is CCOC(=O)C[C@H](NCc1ccccc1)[C@@H]1COC(C)(C)N1C(=O)OC(C)(C)C. The molecular weight excluding hydrogens is 372 g/mol. The summed E-state index contributed by atoms with van der Waals surface area (Å²) in [5.41, 5.74) is -0.383. The molecule has 1 aliphatic rings. The van der Waals surface area contributed by atoms with Gasteiger partial charge in [0.15, 0.2) is 0 Å². The Bertz CT molecular complexity index is 684. The number of carbonyl (C=O) groups excluding carboxylic acids is 2. The Morgan fingerprint density at radius 2 is 1.93 bits per heavy atom. The fraction of sp³-hybridized carbons (Fsp3) is 0.636. The molecule has 0 bridgehead atoms. The maximum atomic E-state index is 13.0. The number of hydrogen-bond acceptors (Lipinski definition) is 6. The van der Waals surface area contributed by atoms with Gasteiger partial charge in [0.25, 0.3) is 0 Å². The van der Waals surface area contributed by atoms with Crippen molar-refractivity contribution in [1.29, 1.82) is 0 Å². The second-order valence-electron chi connectivity index (χ2n) is 8.66. The molecule has 1 saturated heterocycles. The number of esters is 1. The van der Waals surface area contributed by atoms with E-state index in [1.165, 1.54) is 0 Å². The number of nitrogens with zero attached hydrogens (tertiary/aromatic N) is 1. The lowest BCUT2D eigenvalue weighted by Gasteiger charge is -2.37. The van der Waals surface area contributed by atoms with Gasteiger partial charge in [-0.15, -0.1) is 0 Å². The van der Waals surface area contributed by atoms with E-state index in [-0.39, 0.29) is 24.5 Å². The van der Waals surface area contributed by atoms with Gasteiger partial charge in [-0.2, -0.15) is 0 Å². The van der Waals surface area contributed by atoms with Crippen molar-refractivity contribution < 1.29 is 23.8 Å². The van der Waals surface area contributed by atoms with Crippen LogP contribution in [0.5, 0.6) is 0 Å². The van der Waals surface area contributed by atoms with E-state index in [1.807, 2.05) is 65.0 Å². The van der Waals surface area contributed by atoms with Crippen LogP contribution in [-0.2, 0) is 25.5 Å². The summed E-state index contributed by atoms with van der Waals surface area (Å²) in [7, 11) is 0. The first kappa shape index (κ1) is 23.2. The first-order valence-electron chi connectivity index (χ1n) is 10.1. The third-order valence-electron chi connectivity index (χ3n) is 4.68. The average Bonchev–Trinajstić information content (AvgIpc) is 2.93. The molecule has 0 spiro atoms. The number of rotatable bonds is 7. The molecule has 0 aliphatic carbocycles. The highest BCUT2D eigenvalue weighted by molar-refractivity contribution is 5.72. The highest BCUT2D eigenvalue weighted by atomic mass is 16.6. The van der Waals surface area contributed by atoms with Crippen LogP contribution in [0.1, 0.15) is 53.5 Å². The molecule has 2 atom stereocenters. The Balaban J connectivity index is 2.23. The Kier molecular flexibility index (Phi) is 7.66. The van der Waals surface area contributed by atoms with Crippen molar-refractivity contribution >= 4 is 12.1 Å². The Morgan fingerprint density at radius 3 is 2.52 bits per heavy atom. The molecule has 1 aromatic rings. The van der Waals surface area contributed by atoms with Crippen LogP contribution in [0.25, 0.3) is 0 Å². The molecule has 2 rings (SSSR count). The fourth-order valence-corrected chi connectivity index (χ4v) is 3.38. The van der Waals surface area contributed by atoms with Gasteiger partial charge in [0.2, 0.25) is 0 Å². The Labute approximate surface area is 173 Å². The summed E-state index contributed by atoms with van der Waals surface area (Å²) < 4.78 is 16.7. The zero-order chi connectivity index (χ0) is 21.7. The maximum absolute atomic E-state index is 13.0. The van der Waals surface area contributed by atoms with Crippen molar-refractivity contribution in [3.8, 4) is 0 Å². The van der Waals surface area contributed by atoms with E-state index < -0.39 is 17.4 Å². The molecule has 0 aromatic heterocycles. The van der Waals surface area contributed by atoms with Crippen LogP contribution in [0.15, 0.2) is 30.3 Å². The molecule has 29 heavy (non-hydrogen) atoms. The minimum absolute atomic E-state index is 0.129. The van der Waals surface area contributed by atoms with Crippen LogP contribution in [0.4, 0.5) is 4.79 Å². The average molecular weight is 407 g/mol. The second kappa shape index (κ2) is 9.59. The van der Waals surface area contributed by atoms with Crippen LogP contribution in [0.2, 0.25) is 0 Å². The van der Waals surface area contributed by atoms with Crippen LogP contribution < -0.4 is 5.32 Å². The topological polar surface area (TPSA) is 77.1 Å². The van der Waals surface area contributed by atoms with Gasteiger partial charge in [-0.3, -0.25) is 9.69 Å². The molecule has 162 valence electrons. The molecule has 1 N–H and O–H groups in total. The van der Waals surface area contributed by atoms with Crippen molar-refractivity contribution in [3.05, 3.63) is 35.9 Å². The molecule has 1 aromatic carbocycles. The zero-order valence-corrected chi connectivity index (χ0v) is 18.4. The minimum Gasteiger partial charge on any atom is -0.466 e. The van der Waals surface area contributed by atoms with Crippen molar-refractivity contribution in [2.75, 3.05) is 13.2 Å². The summed E-state index contributed by atoms with van der Waals surface area (Å²) in [6, 6.07) is 9.19. The summed E-state index contributed by atoms with van der Waals surface area (Å²) in [5.74, 6) is -0.313. The lowest BCUT2D eigenvalue weighted by atomic mass is 10.0. The predicted octanol–water partition coefficient (Wildman–Crippen LogP) is 3.47. The van der Waals surface area contributed by atoms with Crippen molar-refractivity contribution in [2.45, 2.75) is 77.9 Å². The Hall–Kier alpha value is -2.12. The van der Waals surface area contributed by atoms with E-state index in [2.05, 4.69) is 5.32 Å². The van der Waals surface area contributed by atoms with E-state index in [0.29, 0.717) is 19.8 Å². The van der Waals surface area contributed by atoms with Crippen LogP contribution in [-0.4, -0.2) is 53.6 Å². The first-order valence-corrected chi connectivity index (χ1v) is 10.1. The summed E-state index contributed by atoms with van der Waals surface area (Å²) in [4.78, 5) is 26.8. The molecular formula is C22H34N2O5. The van der Waals surface area contributed by atoms with Gasteiger partial charge in [0.05, 0.1) is 25.7 Å². The quantitative estimate of drug-likeness (QED) is 0.699. The lowest BCUT2D eigenvalue weighted by molar-refractivity contribution is -0.144. The monoisotopic (exact) mass is 406 g/mol. The van der Waals surface area contributed by atoms with Crippen LogP contribution >= 0.6 is 0 Å². The van der Waals surface area contributed by atoms with Crippen molar-refractivity contribution in [1.82, 2.24) is 10.2 Å². The first-order chi connectivity index (χ1) is 13.5. The standard InChI is InChI=1S/C22H34N2O5/c1-7-27-19(25)13-17(23-14-16-11-9-8-10-12-16)18-15-28-22(5,6)24(18)20(26)29-21(2,3)4/h8-12,17-18,23H,7,13-15H2,1-6H3/t17-,18-/m0/s1. The molecule has 0 unspecified atom stereocenters. The Morgan fingerprint density at radius 1 is 1.28 bits per heavy atom. The molecule has 0 saturated carbocycles. The molecule has 1 heterocycles. The van der Waals surface area contributed by atoms with E-state index in [4.69, 9.17) is 14.2 Å². The fourth-order valence-electron chi connectivity index (χ4n) is 3.38. The molecule has 1 fully saturated rings. The van der Waals surface area contributed by atoms with Gasteiger partial charge >= 0.3 is 12.1 Å². The number of ether oxygens (including phenoxy) is 3. The third-order valence-corrected chi connectivity index (χ3v) is 4.68. The number of nitrogens with one attached hydrogen (secondary N) is 1. The lowest BCUT2D eigenvalue weighted by Crippen LogP contribution is -2.56. The summed E-state index contributed by atoms with van der Waals surface area (Å²) in [5, 5.41) is 3.42. The number of hydrogen-bond donors (Lipinski definition) is 1. The highest BCUT2D eigenvalue weighted by Gasteiger charge is 2.48. The van der Waals surface area contributed by atoms with Gasteiger partial charge in [0, 0.05) is 12.6 Å². The van der Waals surface area contributed by atoms with E-state index in [1.54, 1.807) is 11.8 Å².